The monoisotopic (exact) mass is 324 g/mol. The molecule has 1 saturated carbocycles. The number of nitrogens with one attached hydrogen (secondary N) is 1. The van der Waals surface area contributed by atoms with E-state index in [1.165, 1.54) is 18.4 Å². The lowest BCUT2D eigenvalue weighted by molar-refractivity contribution is 0.421. The number of benzene rings is 1. The Kier molecular flexibility index (Phi) is 3.38. The highest BCUT2D eigenvalue weighted by molar-refractivity contribution is 7.71. The maximum Gasteiger partial charge on any atom is 0.258 e. The summed E-state index contributed by atoms with van der Waals surface area (Å²) in [6.45, 7) is 4.21. The van der Waals surface area contributed by atoms with E-state index in [2.05, 4.69) is 29.8 Å². The summed E-state index contributed by atoms with van der Waals surface area (Å²) in [5.74, 6) is 0. The van der Waals surface area contributed by atoms with Gasteiger partial charge in [-0.05, 0) is 37.0 Å². The summed E-state index contributed by atoms with van der Waals surface area (Å²) < 4.78 is 2.13. The van der Waals surface area contributed by atoms with Crippen LogP contribution in [0.4, 0.5) is 0 Å². The van der Waals surface area contributed by atoms with Crippen LogP contribution in [0.1, 0.15) is 36.8 Å². The van der Waals surface area contributed by atoms with Crippen LogP contribution >= 0.6 is 12.2 Å². The summed E-state index contributed by atoms with van der Waals surface area (Å²) in [5, 5.41) is 0. The van der Waals surface area contributed by atoms with Crippen LogP contribution in [-0.4, -0.2) is 9.55 Å². The average molecular weight is 324 g/mol. The number of hydrogen-bond acceptors (Lipinski definition) is 2. The van der Waals surface area contributed by atoms with Gasteiger partial charge in [0.05, 0.1) is 5.69 Å². The molecule has 1 fully saturated rings. The molecule has 2 aliphatic rings. The van der Waals surface area contributed by atoms with Crippen LogP contribution in [0.15, 0.2) is 41.7 Å². The highest BCUT2D eigenvalue weighted by Crippen LogP contribution is 2.49. The van der Waals surface area contributed by atoms with Crippen molar-refractivity contribution >= 4 is 12.2 Å². The topological polar surface area (TPSA) is 37.8 Å². The maximum atomic E-state index is 13.2. The van der Waals surface area contributed by atoms with Gasteiger partial charge in [-0.1, -0.05) is 43.2 Å². The third-order valence-corrected chi connectivity index (χ3v) is 5.73. The van der Waals surface area contributed by atoms with Crippen LogP contribution < -0.4 is 5.56 Å². The van der Waals surface area contributed by atoms with Crippen LogP contribution in [0, 0.1) is 4.77 Å². The van der Waals surface area contributed by atoms with Gasteiger partial charge in [0.1, 0.15) is 0 Å². The molecule has 0 atom stereocenters. The van der Waals surface area contributed by atoms with E-state index in [1.807, 2.05) is 6.07 Å². The quantitative estimate of drug-likeness (QED) is 0.666. The van der Waals surface area contributed by atoms with Gasteiger partial charge in [0.2, 0.25) is 0 Å². The molecular weight excluding hydrogens is 304 g/mol. The second-order valence-electron chi connectivity index (χ2n) is 6.71. The molecule has 3 nitrogen and oxygen atoms in total. The molecule has 1 heterocycles. The van der Waals surface area contributed by atoms with Gasteiger partial charge in [0.15, 0.2) is 4.77 Å². The molecule has 1 aromatic heterocycles. The van der Waals surface area contributed by atoms with Crippen molar-refractivity contribution in [3.8, 4) is 11.3 Å². The molecule has 0 amide bonds. The molecule has 1 N–H and O–H groups in total. The van der Waals surface area contributed by atoms with Crippen molar-refractivity contribution in [3.05, 3.63) is 63.2 Å². The molecule has 0 bridgehead atoms. The molecule has 0 aliphatic heterocycles. The van der Waals surface area contributed by atoms with E-state index >= 15 is 0 Å². The van der Waals surface area contributed by atoms with Crippen molar-refractivity contribution < 1.29 is 0 Å². The van der Waals surface area contributed by atoms with Crippen molar-refractivity contribution in [2.24, 2.45) is 0 Å². The van der Waals surface area contributed by atoms with Crippen LogP contribution in [-0.2, 0) is 18.4 Å². The van der Waals surface area contributed by atoms with E-state index in [9.17, 15) is 4.79 Å². The zero-order chi connectivity index (χ0) is 16.0. The summed E-state index contributed by atoms with van der Waals surface area (Å²) in [5.41, 5.74) is 4.40. The van der Waals surface area contributed by atoms with Crippen LogP contribution in [0.5, 0.6) is 0 Å². The van der Waals surface area contributed by atoms with Crippen molar-refractivity contribution in [1.29, 1.82) is 0 Å². The Bertz CT molecular complexity index is 900. The Hall–Kier alpha value is -1.94. The number of nitrogens with zero attached hydrogens (tertiary/aromatic N) is 1. The molecular formula is C19H20N2OS. The minimum Gasteiger partial charge on any atom is -0.331 e. The number of fused-ring (bicyclic) bond motifs is 4. The number of aromatic nitrogens is 2. The zero-order valence-electron chi connectivity index (χ0n) is 13.1. The summed E-state index contributed by atoms with van der Waals surface area (Å²) in [4.78, 5) is 16.6. The third-order valence-electron chi connectivity index (χ3n) is 5.40. The SMILES string of the molecule is C=CCn1c(=S)[nH]c2c(c1=O)C1(CCCC1)Cc1ccccc1-2. The van der Waals surface area contributed by atoms with E-state index in [1.54, 1.807) is 10.6 Å². The second-order valence-corrected chi connectivity index (χ2v) is 7.09. The fraction of sp³-hybridized carbons (Fsp3) is 0.368. The first-order valence-corrected chi connectivity index (χ1v) is 8.64. The first-order chi connectivity index (χ1) is 11.2. The first-order valence-electron chi connectivity index (χ1n) is 8.23. The van der Waals surface area contributed by atoms with E-state index in [4.69, 9.17) is 12.2 Å². The van der Waals surface area contributed by atoms with Crippen LogP contribution in [0.25, 0.3) is 11.3 Å². The first kappa shape index (κ1) is 14.6. The third kappa shape index (κ3) is 2.08. The Balaban J connectivity index is 2.09. The molecule has 1 aromatic carbocycles. The lowest BCUT2D eigenvalue weighted by Gasteiger charge is -2.36. The van der Waals surface area contributed by atoms with E-state index in [-0.39, 0.29) is 11.0 Å². The zero-order valence-corrected chi connectivity index (χ0v) is 13.9. The van der Waals surface area contributed by atoms with Gasteiger partial charge in [-0.3, -0.25) is 9.36 Å². The molecule has 2 aliphatic carbocycles. The molecule has 0 radical (unpaired) electrons. The Morgan fingerprint density at radius 3 is 2.78 bits per heavy atom. The van der Waals surface area contributed by atoms with Gasteiger partial charge in [-0.15, -0.1) is 6.58 Å². The van der Waals surface area contributed by atoms with Gasteiger partial charge in [-0.25, -0.2) is 0 Å². The molecule has 1 spiro atoms. The largest absolute Gasteiger partial charge is 0.331 e. The number of hydrogen-bond donors (Lipinski definition) is 1. The molecule has 4 rings (SSSR count). The number of aromatic amines is 1. The Labute approximate surface area is 140 Å². The van der Waals surface area contributed by atoms with Gasteiger partial charge in [0, 0.05) is 23.1 Å². The van der Waals surface area contributed by atoms with Gasteiger partial charge in [-0.2, -0.15) is 0 Å². The normalized spacial score (nSPS) is 17.7. The lowest BCUT2D eigenvalue weighted by atomic mass is 9.68. The fourth-order valence-corrected chi connectivity index (χ4v) is 4.67. The number of allylic oxidation sites excluding steroid dienone is 1. The van der Waals surface area contributed by atoms with Crippen molar-refractivity contribution in [1.82, 2.24) is 9.55 Å². The summed E-state index contributed by atoms with van der Waals surface area (Å²) >= 11 is 5.44. The van der Waals surface area contributed by atoms with Gasteiger partial charge < -0.3 is 4.98 Å². The average Bonchev–Trinajstić information content (AvgIpc) is 2.99. The minimum absolute atomic E-state index is 0.0246. The van der Waals surface area contributed by atoms with Crippen LogP contribution in [0.3, 0.4) is 0 Å². The number of H-pyrrole nitrogens is 1. The summed E-state index contributed by atoms with van der Waals surface area (Å²) in [6.07, 6.45) is 7.25. The maximum absolute atomic E-state index is 13.2. The van der Waals surface area contributed by atoms with E-state index in [0.717, 1.165) is 36.1 Å². The van der Waals surface area contributed by atoms with Crippen molar-refractivity contribution in [2.45, 2.75) is 44.1 Å². The summed E-state index contributed by atoms with van der Waals surface area (Å²) in [6, 6.07) is 8.39. The van der Waals surface area contributed by atoms with Crippen LogP contribution in [0.2, 0.25) is 0 Å². The van der Waals surface area contributed by atoms with E-state index < -0.39 is 0 Å². The standard InChI is InChI=1S/C19H20N2OS/c1-2-11-21-17(22)15-16(20-18(21)23)14-8-4-3-7-13(14)12-19(15)9-5-6-10-19/h2-4,7-8H,1,5-6,9-12H2,(H,20,23). The highest BCUT2D eigenvalue weighted by Gasteiger charge is 2.43. The van der Waals surface area contributed by atoms with Gasteiger partial charge in [0.25, 0.3) is 5.56 Å². The van der Waals surface area contributed by atoms with E-state index in [0.29, 0.717) is 11.3 Å². The molecule has 0 saturated heterocycles. The van der Waals surface area contributed by atoms with Gasteiger partial charge >= 0.3 is 0 Å². The second kappa shape index (κ2) is 5.31. The highest BCUT2D eigenvalue weighted by atomic mass is 32.1. The molecule has 4 heteroatoms. The molecule has 23 heavy (non-hydrogen) atoms. The molecule has 2 aromatic rings. The van der Waals surface area contributed by atoms with Crippen molar-refractivity contribution in [2.75, 3.05) is 0 Å². The minimum atomic E-state index is -0.0246. The summed E-state index contributed by atoms with van der Waals surface area (Å²) in [7, 11) is 0. The Morgan fingerprint density at radius 1 is 1.30 bits per heavy atom. The lowest BCUT2D eigenvalue weighted by Crippen LogP contribution is -2.40. The predicted molar refractivity (Wildman–Crippen MR) is 95.4 cm³/mol. The Morgan fingerprint density at radius 2 is 2.04 bits per heavy atom. The molecule has 0 unspecified atom stereocenters. The number of rotatable bonds is 2. The fourth-order valence-electron chi connectivity index (χ4n) is 4.41. The predicted octanol–water partition coefficient (Wildman–Crippen LogP) is 4.13. The smallest absolute Gasteiger partial charge is 0.258 e. The molecule has 118 valence electrons. The van der Waals surface area contributed by atoms with Crippen molar-refractivity contribution in [3.63, 3.8) is 0 Å².